The fourth-order valence-corrected chi connectivity index (χ4v) is 7.78. The maximum absolute atomic E-state index is 13.0. The van der Waals surface area contributed by atoms with Crippen LogP contribution < -0.4 is 10.6 Å². The lowest BCUT2D eigenvalue weighted by Gasteiger charge is -2.55. The van der Waals surface area contributed by atoms with Crippen molar-refractivity contribution in [3.8, 4) is 0 Å². The maximum atomic E-state index is 13.0. The molecule has 0 spiro atoms. The molecule has 1 aliphatic heterocycles. The Morgan fingerprint density at radius 3 is 2.46 bits per heavy atom. The van der Waals surface area contributed by atoms with Gasteiger partial charge in [0.05, 0.1) is 12.6 Å². The predicted octanol–water partition coefficient (Wildman–Crippen LogP) is 4.33. The monoisotopic (exact) mass is 418 g/mol. The van der Waals surface area contributed by atoms with Crippen molar-refractivity contribution in [3.05, 3.63) is 28.8 Å². The average Bonchev–Trinajstić information content (AvgIpc) is 2.65. The third-order valence-corrected chi connectivity index (χ3v) is 8.63. The molecule has 0 radical (unpaired) electrons. The van der Waals surface area contributed by atoms with Crippen LogP contribution in [0.3, 0.4) is 0 Å². The molecular formula is C22H27ClN2O2S. The molecule has 150 valence electrons. The van der Waals surface area contributed by atoms with Gasteiger partial charge >= 0.3 is 0 Å². The van der Waals surface area contributed by atoms with Crippen LogP contribution in [0.25, 0.3) is 0 Å². The van der Waals surface area contributed by atoms with Gasteiger partial charge in [0, 0.05) is 21.1 Å². The molecule has 0 saturated heterocycles. The van der Waals surface area contributed by atoms with Crippen LogP contribution in [0.2, 0.25) is 5.02 Å². The van der Waals surface area contributed by atoms with Crippen LogP contribution in [0.15, 0.2) is 23.1 Å². The van der Waals surface area contributed by atoms with Crippen LogP contribution in [0.1, 0.15) is 56.6 Å². The highest BCUT2D eigenvalue weighted by Gasteiger charge is 2.54. The van der Waals surface area contributed by atoms with E-state index in [0.29, 0.717) is 5.02 Å². The molecular weight excluding hydrogens is 392 g/mol. The normalized spacial score (nSPS) is 35.3. The summed E-state index contributed by atoms with van der Waals surface area (Å²) in [6.45, 7) is 0.0696. The molecule has 4 aliphatic carbocycles. The van der Waals surface area contributed by atoms with E-state index in [1.807, 2.05) is 18.2 Å². The van der Waals surface area contributed by atoms with E-state index in [1.54, 1.807) is 11.8 Å². The lowest BCUT2D eigenvalue weighted by molar-refractivity contribution is -0.147. The number of thioether (sulfide) groups is 1. The lowest BCUT2D eigenvalue weighted by Crippen LogP contribution is -2.54. The zero-order chi connectivity index (χ0) is 19.3. The fourth-order valence-electron chi connectivity index (χ4n) is 6.50. The van der Waals surface area contributed by atoms with Gasteiger partial charge in [0.15, 0.2) is 0 Å². The van der Waals surface area contributed by atoms with Crippen molar-refractivity contribution in [3.63, 3.8) is 0 Å². The Kier molecular flexibility index (Phi) is 4.87. The highest BCUT2D eigenvalue weighted by Crippen LogP contribution is 2.60. The standard InChI is InChI=1S/C22H27ClN2O2S/c23-16-1-2-19-17(8-16)18(3-4-28-19)25-20(26)12-24-21(27)22-9-13-5-14(10-22)7-15(6-13)11-22/h1-2,8,13-15,18H,3-7,9-12H2,(H,24,27)(H,25,26). The minimum atomic E-state index is -0.198. The summed E-state index contributed by atoms with van der Waals surface area (Å²) < 4.78 is 0. The Morgan fingerprint density at radius 1 is 1.11 bits per heavy atom. The summed E-state index contributed by atoms with van der Waals surface area (Å²) >= 11 is 7.95. The van der Waals surface area contributed by atoms with Gasteiger partial charge in [-0.25, -0.2) is 0 Å². The largest absolute Gasteiger partial charge is 0.348 e. The number of benzene rings is 1. The Bertz CT molecular complexity index is 776. The zero-order valence-corrected chi connectivity index (χ0v) is 17.6. The summed E-state index contributed by atoms with van der Waals surface area (Å²) in [6.07, 6.45) is 7.90. The predicted molar refractivity (Wildman–Crippen MR) is 111 cm³/mol. The van der Waals surface area contributed by atoms with E-state index in [2.05, 4.69) is 10.6 Å². The van der Waals surface area contributed by atoms with Gasteiger partial charge in [-0.15, -0.1) is 11.8 Å². The van der Waals surface area contributed by atoms with Gasteiger partial charge in [-0.3, -0.25) is 9.59 Å². The van der Waals surface area contributed by atoms with E-state index in [9.17, 15) is 9.59 Å². The van der Waals surface area contributed by atoms with Gasteiger partial charge in [-0.2, -0.15) is 0 Å². The molecule has 1 aromatic carbocycles. The molecule has 1 heterocycles. The number of carbonyl (C=O) groups is 2. The number of fused-ring (bicyclic) bond motifs is 1. The molecule has 28 heavy (non-hydrogen) atoms. The number of nitrogens with one attached hydrogen (secondary N) is 2. The van der Waals surface area contributed by atoms with Crippen molar-refractivity contribution in [1.82, 2.24) is 10.6 Å². The molecule has 2 N–H and O–H groups in total. The Balaban J connectivity index is 1.20. The van der Waals surface area contributed by atoms with Crippen molar-refractivity contribution >= 4 is 35.2 Å². The first kappa shape index (κ1) is 18.8. The molecule has 4 bridgehead atoms. The van der Waals surface area contributed by atoms with E-state index in [-0.39, 0.29) is 29.8 Å². The summed E-state index contributed by atoms with van der Waals surface area (Å²) in [5.41, 5.74) is 0.890. The SMILES string of the molecule is O=C(CNC(=O)C12CC3CC(CC(C3)C1)C2)NC1CCSc2ccc(Cl)cc21. The van der Waals surface area contributed by atoms with Gasteiger partial charge in [0.25, 0.3) is 0 Å². The minimum absolute atomic E-state index is 0.0288. The number of hydrogen-bond donors (Lipinski definition) is 2. The molecule has 6 heteroatoms. The molecule has 1 atom stereocenters. The first-order valence-electron chi connectivity index (χ1n) is 10.5. The number of amides is 2. The summed E-state index contributed by atoms with van der Waals surface area (Å²) in [7, 11) is 0. The van der Waals surface area contributed by atoms with E-state index in [4.69, 9.17) is 11.6 Å². The maximum Gasteiger partial charge on any atom is 0.239 e. The topological polar surface area (TPSA) is 58.2 Å². The van der Waals surface area contributed by atoms with Crippen LogP contribution in [0, 0.1) is 23.2 Å². The minimum Gasteiger partial charge on any atom is -0.348 e. The Labute approximate surface area is 175 Å². The second-order valence-corrected chi connectivity index (χ2v) is 10.9. The summed E-state index contributed by atoms with van der Waals surface area (Å²) in [5, 5.41) is 6.78. The van der Waals surface area contributed by atoms with Crippen molar-refractivity contribution in [2.24, 2.45) is 23.2 Å². The van der Waals surface area contributed by atoms with Crippen molar-refractivity contribution in [2.75, 3.05) is 12.3 Å². The quantitative estimate of drug-likeness (QED) is 0.765. The molecule has 0 aromatic heterocycles. The fraction of sp³-hybridized carbons (Fsp3) is 0.636. The van der Waals surface area contributed by atoms with Gasteiger partial charge < -0.3 is 10.6 Å². The Hall–Kier alpha value is -1.20. The van der Waals surface area contributed by atoms with E-state index >= 15 is 0 Å². The average molecular weight is 419 g/mol. The van der Waals surface area contributed by atoms with Crippen molar-refractivity contribution < 1.29 is 9.59 Å². The molecule has 6 rings (SSSR count). The molecule has 2 amide bonds. The van der Waals surface area contributed by atoms with Crippen molar-refractivity contribution in [2.45, 2.75) is 55.9 Å². The summed E-state index contributed by atoms with van der Waals surface area (Å²) in [6, 6.07) is 5.83. The number of hydrogen-bond acceptors (Lipinski definition) is 3. The number of rotatable bonds is 4. The number of carbonyl (C=O) groups excluding carboxylic acids is 2. The first-order valence-corrected chi connectivity index (χ1v) is 11.9. The summed E-state index contributed by atoms with van der Waals surface area (Å²) in [4.78, 5) is 26.8. The van der Waals surface area contributed by atoms with Gasteiger partial charge in [-0.05, 0) is 86.5 Å². The van der Waals surface area contributed by atoms with E-state index < -0.39 is 0 Å². The van der Waals surface area contributed by atoms with Crippen LogP contribution in [0.4, 0.5) is 0 Å². The molecule has 4 fully saturated rings. The third-order valence-electron chi connectivity index (χ3n) is 7.28. The smallest absolute Gasteiger partial charge is 0.239 e. The molecule has 4 nitrogen and oxygen atoms in total. The molecule has 5 aliphatic rings. The van der Waals surface area contributed by atoms with Crippen LogP contribution in [-0.4, -0.2) is 24.1 Å². The highest BCUT2D eigenvalue weighted by atomic mass is 35.5. The Morgan fingerprint density at radius 2 is 1.79 bits per heavy atom. The van der Waals surface area contributed by atoms with E-state index in [0.717, 1.165) is 54.8 Å². The van der Waals surface area contributed by atoms with Gasteiger partial charge in [0.2, 0.25) is 11.8 Å². The number of halogens is 1. The second-order valence-electron chi connectivity index (χ2n) is 9.32. The van der Waals surface area contributed by atoms with Crippen LogP contribution in [0.5, 0.6) is 0 Å². The van der Waals surface area contributed by atoms with Gasteiger partial charge in [0.1, 0.15) is 0 Å². The third kappa shape index (κ3) is 3.45. The van der Waals surface area contributed by atoms with Gasteiger partial charge in [-0.1, -0.05) is 11.6 Å². The molecule has 1 aromatic rings. The van der Waals surface area contributed by atoms with Crippen molar-refractivity contribution in [1.29, 1.82) is 0 Å². The first-order chi connectivity index (χ1) is 13.5. The lowest BCUT2D eigenvalue weighted by atomic mass is 9.49. The molecule has 1 unspecified atom stereocenters. The zero-order valence-electron chi connectivity index (χ0n) is 16.0. The summed E-state index contributed by atoms with van der Waals surface area (Å²) in [5.74, 6) is 3.16. The van der Waals surface area contributed by atoms with Crippen LogP contribution in [-0.2, 0) is 9.59 Å². The molecule has 4 saturated carbocycles. The highest BCUT2D eigenvalue weighted by molar-refractivity contribution is 7.99. The van der Waals surface area contributed by atoms with Crippen LogP contribution >= 0.6 is 23.4 Å². The second kappa shape index (κ2) is 7.24. The van der Waals surface area contributed by atoms with E-state index in [1.165, 1.54) is 24.2 Å².